The second kappa shape index (κ2) is 6.13. The Morgan fingerprint density at radius 2 is 1.77 bits per heavy atom. The Labute approximate surface area is 129 Å². The summed E-state index contributed by atoms with van der Waals surface area (Å²) in [5, 5.41) is 11.6. The highest BCUT2D eigenvalue weighted by atomic mass is 16.2. The van der Waals surface area contributed by atoms with Crippen molar-refractivity contribution < 1.29 is 19.2 Å². The Morgan fingerprint density at radius 3 is 2.14 bits per heavy atom. The smallest absolute Gasteiger partial charge is 0.334 e. The minimum atomic E-state index is -1.12. The first kappa shape index (κ1) is 17.6. The van der Waals surface area contributed by atoms with Gasteiger partial charge in [-0.1, -0.05) is 13.8 Å². The minimum Gasteiger partial charge on any atom is -0.336 e. The van der Waals surface area contributed by atoms with Crippen molar-refractivity contribution in [2.24, 2.45) is 5.92 Å². The zero-order valence-electron chi connectivity index (χ0n) is 13.3. The van der Waals surface area contributed by atoms with Gasteiger partial charge in [-0.25, -0.2) is 9.69 Å². The molecule has 0 bridgehead atoms. The third kappa shape index (κ3) is 3.08. The van der Waals surface area contributed by atoms with Crippen molar-refractivity contribution in [2.75, 3.05) is 6.54 Å². The van der Waals surface area contributed by atoms with Crippen LogP contribution in [0.4, 0.5) is 4.79 Å². The van der Waals surface area contributed by atoms with Crippen LogP contribution in [0.5, 0.6) is 0 Å². The van der Waals surface area contributed by atoms with E-state index in [1.807, 2.05) is 6.07 Å². The number of nitriles is 1. The van der Waals surface area contributed by atoms with E-state index in [0.717, 1.165) is 4.90 Å². The molecule has 1 N–H and O–H groups in total. The number of hydrogen-bond donors (Lipinski definition) is 1. The summed E-state index contributed by atoms with van der Waals surface area (Å²) in [6, 6.07) is 0.703. The van der Waals surface area contributed by atoms with Crippen LogP contribution in [0.15, 0.2) is 0 Å². The monoisotopic (exact) mass is 308 g/mol. The van der Waals surface area contributed by atoms with Crippen LogP contribution in [0.1, 0.15) is 34.6 Å². The summed E-state index contributed by atoms with van der Waals surface area (Å²) in [4.78, 5) is 49.0. The summed E-state index contributed by atoms with van der Waals surface area (Å²) in [7, 11) is 0. The van der Waals surface area contributed by atoms with E-state index in [4.69, 9.17) is 5.26 Å². The Balaban J connectivity index is 2.86. The fraction of sp³-hybridized carbons (Fsp3) is 0.643. The molecule has 1 fully saturated rings. The molecule has 0 aromatic rings. The standard InChI is InChI=1S/C14H20N4O4/c1-8(2)14(5,7-15)16-10(19)6-17-11(20)12(21)18(9(3)4)13(17)22/h8-9H,6H2,1-5H3,(H,16,19)/t14-/m1/s1. The summed E-state index contributed by atoms with van der Waals surface area (Å²) in [6.07, 6.45) is 0. The van der Waals surface area contributed by atoms with E-state index in [-0.39, 0.29) is 5.92 Å². The van der Waals surface area contributed by atoms with E-state index in [2.05, 4.69) is 5.32 Å². The normalized spacial score (nSPS) is 18.0. The molecule has 8 heteroatoms. The van der Waals surface area contributed by atoms with E-state index >= 15 is 0 Å². The van der Waals surface area contributed by atoms with Crippen molar-refractivity contribution >= 4 is 23.8 Å². The quantitative estimate of drug-likeness (QED) is 0.578. The number of nitrogens with one attached hydrogen (secondary N) is 1. The van der Waals surface area contributed by atoms with Gasteiger partial charge in [-0.3, -0.25) is 19.3 Å². The van der Waals surface area contributed by atoms with Crippen molar-refractivity contribution in [3.8, 4) is 6.07 Å². The number of amides is 5. The van der Waals surface area contributed by atoms with Crippen LogP contribution >= 0.6 is 0 Å². The molecule has 0 spiro atoms. The van der Waals surface area contributed by atoms with E-state index in [0.29, 0.717) is 4.90 Å². The number of nitrogens with zero attached hydrogens (tertiary/aromatic N) is 3. The van der Waals surface area contributed by atoms with Gasteiger partial charge in [0.2, 0.25) is 5.91 Å². The molecular formula is C14H20N4O4. The minimum absolute atomic E-state index is 0.166. The molecule has 1 rings (SSSR count). The molecule has 0 radical (unpaired) electrons. The number of rotatable bonds is 5. The Bertz CT molecular complexity index is 564. The van der Waals surface area contributed by atoms with E-state index in [1.54, 1.807) is 34.6 Å². The first-order valence-corrected chi connectivity index (χ1v) is 6.96. The van der Waals surface area contributed by atoms with Crippen LogP contribution in [0.3, 0.4) is 0 Å². The van der Waals surface area contributed by atoms with Crippen LogP contribution < -0.4 is 5.32 Å². The van der Waals surface area contributed by atoms with E-state index in [1.165, 1.54) is 0 Å². The average Bonchev–Trinajstić information content (AvgIpc) is 2.62. The van der Waals surface area contributed by atoms with Crippen LogP contribution in [0, 0.1) is 17.2 Å². The Kier molecular flexibility index (Phi) is 4.91. The summed E-state index contributed by atoms with van der Waals surface area (Å²) in [6.45, 7) is 7.68. The second-order valence-corrected chi connectivity index (χ2v) is 5.96. The highest BCUT2D eigenvalue weighted by Crippen LogP contribution is 2.17. The van der Waals surface area contributed by atoms with Gasteiger partial charge in [-0.05, 0) is 26.7 Å². The maximum absolute atomic E-state index is 12.0. The highest BCUT2D eigenvalue weighted by molar-refractivity contribution is 6.45. The Hall–Kier alpha value is -2.43. The van der Waals surface area contributed by atoms with Crippen molar-refractivity contribution in [3.63, 3.8) is 0 Å². The van der Waals surface area contributed by atoms with Crippen molar-refractivity contribution in [1.29, 1.82) is 5.26 Å². The van der Waals surface area contributed by atoms with Gasteiger partial charge in [0.25, 0.3) is 0 Å². The maximum atomic E-state index is 12.0. The lowest BCUT2D eigenvalue weighted by Gasteiger charge is -2.28. The molecule has 1 aliphatic heterocycles. The molecule has 0 aromatic carbocycles. The zero-order chi connectivity index (χ0) is 17.2. The molecule has 1 heterocycles. The lowest BCUT2D eigenvalue weighted by molar-refractivity contribution is -0.144. The number of urea groups is 1. The molecule has 0 saturated carbocycles. The predicted molar refractivity (Wildman–Crippen MR) is 76.1 cm³/mol. The average molecular weight is 308 g/mol. The fourth-order valence-electron chi connectivity index (χ4n) is 1.89. The molecule has 0 aromatic heterocycles. The molecular weight excluding hydrogens is 288 g/mol. The summed E-state index contributed by atoms with van der Waals surface area (Å²) in [5.74, 6) is -2.81. The van der Waals surface area contributed by atoms with Gasteiger partial charge in [0.15, 0.2) is 0 Å². The van der Waals surface area contributed by atoms with Gasteiger partial charge in [0.1, 0.15) is 12.1 Å². The maximum Gasteiger partial charge on any atom is 0.334 e. The zero-order valence-corrected chi connectivity index (χ0v) is 13.3. The largest absolute Gasteiger partial charge is 0.336 e. The second-order valence-electron chi connectivity index (χ2n) is 5.96. The molecule has 1 saturated heterocycles. The number of carbonyl (C=O) groups is 4. The van der Waals surface area contributed by atoms with Crippen molar-refractivity contribution in [1.82, 2.24) is 15.1 Å². The first-order chi connectivity index (χ1) is 10.0. The summed E-state index contributed by atoms with van der Waals surface area (Å²) >= 11 is 0. The lowest BCUT2D eigenvalue weighted by atomic mass is 9.90. The molecule has 0 aliphatic carbocycles. The molecule has 5 amide bonds. The predicted octanol–water partition coefficient (Wildman–Crippen LogP) is 0.240. The van der Waals surface area contributed by atoms with Gasteiger partial charge < -0.3 is 5.32 Å². The third-order valence-electron chi connectivity index (χ3n) is 3.69. The van der Waals surface area contributed by atoms with Crippen molar-refractivity contribution in [3.05, 3.63) is 0 Å². The van der Waals surface area contributed by atoms with Gasteiger partial charge in [0.05, 0.1) is 6.07 Å². The molecule has 1 aliphatic rings. The topological polar surface area (TPSA) is 111 Å². The van der Waals surface area contributed by atoms with Gasteiger partial charge in [-0.2, -0.15) is 5.26 Å². The molecule has 1 atom stereocenters. The third-order valence-corrected chi connectivity index (χ3v) is 3.69. The van der Waals surface area contributed by atoms with Crippen LogP contribution in [-0.4, -0.2) is 51.7 Å². The highest BCUT2D eigenvalue weighted by Gasteiger charge is 2.46. The molecule has 8 nitrogen and oxygen atoms in total. The summed E-state index contributed by atoms with van der Waals surface area (Å²) in [5.41, 5.74) is -1.12. The van der Waals surface area contributed by atoms with Gasteiger partial charge >= 0.3 is 17.8 Å². The Morgan fingerprint density at radius 1 is 1.23 bits per heavy atom. The first-order valence-electron chi connectivity index (χ1n) is 6.96. The number of carbonyl (C=O) groups excluding carboxylic acids is 4. The van der Waals surface area contributed by atoms with Crippen molar-refractivity contribution in [2.45, 2.75) is 46.2 Å². The summed E-state index contributed by atoms with van der Waals surface area (Å²) < 4.78 is 0. The molecule has 22 heavy (non-hydrogen) atoms. The van der Waals surface area contributed by atoms with Crippen LogP contribution in [0.25, 0.3) is 0 Å². The van der Waals surface area contributed by atoms with E-state index in [9.17, 15) is 19.2 Å². The molecule has 0 unspecified atom stereocenters. The number of imide groups is 2. The fourth-order valence-corrected chi connectivity index (χ4v) is 1.89. The van der Waals surface area contributed by atoms with Crippen LogP contribution in [-0.2, 0) is 14.4 Å². The SMILES string of the molecule is CC(C)N1C(=O)C(=O)N(CC(=O)N[C@](C)(C#N)C(C)C)C1=O. The molecule has 120 valence electrons. The van der Waals surface area contributed by atoms with E-state index < -0.39 is 41.9 Å². The van der Waals surface area contributed by atoms with Gasteiger partial charge in [-0.15, -0.1) is 0 Å². The van der Waals surface area contributed by atoms with Crippen LogP contribution in [0.2, 0.25) is 0 Å². The number of hydrogen-bond acceptors (Lipinski definition) is 5. The lowest BCUT2D eigenvalue weighted by Crippen LogP contribution is -2.52. The van der Waals surface area contributed by atoms with Gasteiger partial charge in [0, 0.05) is 6.04 Å².